The molecule has 0 aliphatic carbocycles. The van der Waals surface area contributed by atoms with Crippen LogP contribution in [0.15, 0.2) is 18.3 Å². The van der Waals surface area contributed by atoms with Crippen LogP contribution < -0.4 is 10.6 Å². The van der Waals surface area contributed by atoms with Gasteiger partial charge in [-0.2, -0.15) is 11.8 Å². The molecule has 0 saturated carbocycles. The van der Waals surface area contributed by atoms with Crippen molar-refractivity contribution in [3.63, 3.8) is 0 Å². The molecule has 0 fully saturated rings. The first kappa shape index (κ1) is 13.1. The van der Waals surface area contributed by atoms with E-state index in [1.807, 2.05) is 42.5 Å². The molecule has 0 aliphatic heterocycles. The number of aromatic nitrogens is 2. The van der Waals surface area contributed by atoms with Crippen LogP contribution in [-0.2, 0) is 6.42 Å². The molecule has 98 valence electrons. The normalized spacial score (nSPS) is 11.1. The van der Waals surface area contributed by atoms with Gasteiger partial charge in [-0.25, -0.2) is 4.98 Å². The van der Waals surface area contributed by atoms with E-state index in [0.717, 1.165) is 40.8 Å². The van der Waals surface area contributed by atoms with E-state index in [1.165, 1.54) is 0 Å². The summed E-state index contributed by atoms with van der Waals surface area (Å²) in [5.74, 6) is 2.98. The minimum absolute atomic E-state index is 0.769. The zero-order valence-electron chi connectivity index (χ0n) is 11.2. The predicted molar refractivity (Wildman–Crippen MR) is 80.6 cm³/mol. The van der Waals surface area contributed by atoms with Crippen molar-refractivity contribution >= 4 is 28.9 Å². The molecule has 0 amide bonds. The van der Waals surface area contributed by atoms with Gasteiger partial charge in [0.05, 0.1) is 11.4 Å². The fraction of sp³-hybridized carbons (Fsp3) is 0.462. The molecule has 0 unspecified atom stereocenters. The molecule has 0 spiro atoms. The zero-order chi connectivity index (χ0) is 13.1. The summed E-state index contributed by atoms with van der Waals surface area (Å²) in [4.78, 5) is 6.65. The van der Waals surface area contributed by atoms with Gasteiger partial charge in [0, 0.05) is 26.7 Å². The monoisotopic (exact) mass is 264 g/mol. The van der Waals surface area contributed by atoms with Crippen LogP contribution in [0.5, 0.6) is 0 Å². The SMILES string of the molecule is CCSCCc1nc2ccc(N(C)C)cn2c1N. The van der Waals surface area contributed by atoms with Crippen molar-refractivity contribution in [3.05, 3.63) is 24.0 Å². The quantitative estimate of drug-likeness (QED) is 0.842. The Morgan fingerprint density at radius 1 is 1.39 bits per heavy atom. The number of pyridine rings is 1. The summed E-state index contributed by atoms with van der Waals surface area (Å²) in [6.45, 7) is 2.17. The van der Waals surface area contributed by atoms with E-state index in [9.17, 15) is 0 Å². The highest BCUT2D eigenvalue weighted by Crippen LogP contribution is 2.20. The van der Waals surface area contributed by atoms with Crippen molar-refractivity contribution in [2.45, 2.75) is 13.3 Å². The molecule has 2 rings (SSSR count). The Labute approximate surface area is 112 Å². The largest absolute Gasteiger partial charge is 0.383 e. The number of imidazole rings is 1. The van der Waals surface area contributed by atoms with Crippen molar-refractivity contribution in [2.75, 3.05) is 36.2 Å². The Kier molecular flexibility index (Phi) is 4.01. The Balaban J connectivity index is 2.31. The average Bonchev–Trinajstić information content (AvgIpc) is 2.66. The average molecular weight is 264 g/mol. The topological polar surface area (TPSA) is 46.6 Å². The Morgan fingerprint density at radius 3 is 2.83 bits per heavy atom. The van der Waals surface area contributed by atoms with Crippen LogP contribution in [0.4, 0.5) is 11.5 Å². The number of hydrogen-bond donors (Lipinski definition) is 1. The number of anilines is 2. The summed E-state index contributed by atoms with van der Waals surface area (Å²) < 4.78 is 1.97. The lowest BCUT2D eigenvalue weighted by Crippen LogP contribution is -2.09. The van der Waals surface area contributed by atoms with E-state index in [1.54, 1.807) is 0 Å². The predicted octanol–water partition coefficient (Wildman–Crippen LogP) is 2.28. The lowest BCUT2D eigenvalue weighted by atomic mass is 10.3. The fourth-order valence-corrected chi connectivity index (χ4v) is 2.49. The fourth-order valence-electron chi connectivity index (χ4n) is 1.86. The van der Waals surface area contributed by atoms with Gasteiger partial charge in [-0.05, 0) is 23.6 Å². The molecule has 4 nitrogen and oxygen atoms in total. The van der Waals surface area contributed by atoms with Crippen LogP contribution in [-0.4, -0.2) is 35.0 Å². The summed E-state index contributed by atoms with van der Waals surface area (Å²) in [5, 5.41) is 0. The molecule has 0 radical (unpaired) electrons. The standard InChI is InChI=1S/C13H20N4S/c1-4-18-8-7-11-13(14)17-9-10(16(2)3)5-6-12(17)15-11/h5-6,9H,4,7-8,14H2,1-3H3. The lowest BCUT2D eigenvalue weighted by molar-refractivity contribution is 1.08. The van der Waals surface area contributed by atoms with Crippen molar-refractivity contribution in [1.29, 1.82) is 0 Å². The van der Waals surface area contributed by atoms with Crippen LogP contribution >= 0.6 is 11.8 Å². The molecule has 2 heterocycles. The third-order valence-electron chi connectivity index (χ3n) is 2.92. The number of thioether (sulfide) groups is 1. The van der Waals surface area contributed by atoms with Crippen molar-refractivity contribution < 1.29 is 0 Å². The zero-order valence-corrected chi connectivity index (χ0v) is 12.0. The Morgan fingerprint density at radius 2 is 2.17 bits per heavy atom. The smallest absolute Gasteiger partial charge is 0.138 e. The summed E-state index contributed by atoms with van der Waals surface area (Å²) in [5.41, 5.74) is 9.22. The van der Waals surface area contributed by atoms with Crippen molar-refractivity contribution in [2.24, 2.45) is 0 Å². The molecule has 2 N–H and O–H groups in total. The van der Waals surface area contributed by atoms with E-state index in [2.05, 4.69) is 22.9 Å². The molecular weight excluding hydrogens is 244 g/mol. The second-order valence-corrected chi connectivity index (χ2v) is 5.79. The first-order chi connectivity index (χ1) is 8.63. The highest BCUT2D eigenvalue weighted by molar-refractivity contribution is 7.99. The summed E-state index contributed by atoms with van der Waals surface area (Å²) >= 11 is 1.92. The third-order valence-corrected chi connectivity index (χ3v) is 3.82. The molecule has 18 heavy (non-hydrogen) atoms. The molecule has 5 heteroatoms. The van der Waals surface area contributed by atoms with E-state index >= 15 is 0 Å². The number of hydrogen-bond acceptors (Lipinski definition) is 4. The molecule has 2 aromatic heterocycles. The second kappa shape index (κ2) is 5.52. The number of nitrogen functional groups attached to an aromatic ring is 1. The molecule has 0 bridgehead atoms. The summed E-state index contributed by atoms with van der Waals surface area (Å²) in [6, 6.07) is 4.08. The molecule has 2 aromatic rings. The van der Waals surface area contributed by atoms with Crippen LogP contribution in [0.25, 0.3) is 5.65 Å². The molecule has 0 aromatic carbocycles. The Bertz CT molecular complexity index is 533. The van der Waals surface area contributed by atoms with Gasteiger partial charge in [0.2, 0.25) is 0 Å². The maximum Gasteiger partial charge on any atom is 0.138 e. The molecule has 0 saturated heterocycles. The van der Waals surface area contributed by atoms with E-state index in [-0.39, 0.29) is 0 Å². The van der Waals surface area contributed by atoms with E-state index < -0.39 is 0 Å². The number of rotatable bonds is 5. The van der Waals surface area contributed by atoms with Crippen LogP contribution in [0, 0.1) is 0 Å². The van der Waals surface area contributed by atoms with Crippen molar-refractivity contribution in [3.8, 4) is 0 Å². The van der Waals surface area contributed by atoms with Gasteiger partial charge in [0.25, 0.3) is 0 Å². The highest BCUT2D eigenvalue weighted by atomic mass is 32.2. The van der Waals surface area contributed by atoms with Gasteiger partial charge < -0.3 is 10.6 Å². The van der Waals surface area contributed by atoms with Crippen molar-refractivity contribution in [1.82, 2.24) is 9.38 Å². The minimum atomic E-state index is 0.769. The minimum Gasteiger partial charge on any atom is -0.383 e. The van der Waals surface area contributed by atoms with Gasteiger partial charge >= 0.3 is 0 Å². The molecular formula is C13H20N4S. The second-order valence-electron chi connectivity index (χ2n) is 4.40. The van der Waals surface area contributed by atoms with Gasteiger partial charge in [-0.1, -0.05) is 6.92 Å². The number of aryl methyl sites for hydroxylation is 1. The maximum atomic E-state index is 6.16. The summed E-state index contributed by atoms with van der Waals surface area (Å²) in [7, 11) is 4.04. The third kappa shape index (κ3) is 2.56. The van der Waals surface area contributed by atoms with E-state index in [0.29, 0.717) is 0 Å². The van der Waals surface area contributed by atoms with Crippen LogP contribution in [0.3, 0.4) is 0 Å². The maximum absolute atomic E-state index is 6.16. The first-order valence-corrected chi connectivity index (χ1v) is 7.30. The van der Waals surface area contributed by atoms with Gasteiger partial charge in [0.1, 0.15) is 11.5 Å². The molecule has 0 atom stereocenters. The number of fused-ring (bicyclic) bond motifs is 1. The van der Waals surface area contributed by atoms with Gasteiger partial charge in [-0.3, -0.25) is 4.40 Å². The van der Waals surface area contributed by atoms with Crippen LogP contribution in [0.2, 0.25) is 0 Å². The lowest BCUT2D eigenvalue weighted by Gasteiger charge is -2.12. The van der Waals surface area contributed by atoms with Crippen LogP contribution in [0.1, 0.15) is 12.6 Å². The number of nitrogens with two attached hydrogens (primary N) is 1. The Hall–Kier alpha value is -1.36. The molecule has 0 aliphatic rings. The number of nitrogens with zero attached hydrogens (tertiary/aromatic N) is 3. The van der Waals surface area contributed by atoms with E-state index in [4.69, 9.17) is 5.73 Å². The van der Waals surface area contributed by atoms with Gasteiger partial charge in [-0.15, -0.1) is 0 Å². The highest BCUT2D eigenvalue weighted by Gasteiger charge is 2.09. The first-order valence-electron chi connectivity index (χ1n) is 6.15. The summed E-state index contributed by atoms with van der Waals surface area (Å²) in [6.07, 6.45) is 2.97. The van der Waals surface area contributed by atoms with Gasteiger partial charge in [0.15, 0.2) is 0 Å².